The van der Waals surface area contributed by atoms with E-state index in [1.165, 1.54) is 17.1 Å². The van der Waals surface area contributed by atoms with E-state index in [-0.39, 0.29) is 23.3 Å². The van der Waals surface area contributed by atoms with Gasteiger partial charge in [-0.15, -0.1) is 0 Å². The summed E-state index contributed by atoms with van der Waals surface area (Å²) in [6, 6.07) is 15.0. The fourth-order valence-corrected chi connectivity index (χ4v) is 2.71. The number of hydrazone groups is 1. The maximum absolute atomic E-state index is 14.4. The highest BCUT2D eigenvalue weighted by molar-refractivity contribution is 6.06. The number of anilines is 1. The molecule has 0 radical (unpaired) electrons. The SMILES string of the molecule is CC(C)N(N)/C(=N\N)c1cccc(NC(=O)c2cc3ccccc3cc2F)n1. The van der Waals surface area contributed by atoms with E-state index in [1.807, 2.05) is 32.0 Å². The highest BCUT2D eigenvalue weighted by Gasteiger charge is 2.17. The largest absolute Gasteiger partial charge is 0.321 e. The van der Waals surface area contributed by atoms with E-state index in [0.29, 0.717) is 5.69 Å². The second kappa shape index (κ2) is 8.01. The lowest BCUT2D eigenvalue weighted by Gasteiger charge is -2.23. The average Bonchev–Trinajstić information content (AvgIpc) is 2.68. The van der Waals surface area contributed by atoms with Gasteiger partial charge >= 0.3 is 0 Å². The fraction of sp³-hybridized carbons (Fsp3) is 0.150. The van der Waals surface area contributed by atoms with Crippen molar-refractivity contribution in [3.8, 4) is 0 Å². The van der Waals surface area contributed by atoms with Crippen LogP contribution in [0, 0.1) is 5.82 Å². The van der Waals surface area contributed by atoms with Crippen molar-refractivity contribution in [3.05, 3.63) is 71.7 Å². The molecule has 8 heteroatoms. The number of hydrazine groups is 1. The number of hydrogen-bond donors (Lipinski definition) is 3. The summed E-state index contributed by atoms with van der Waals surface area (Å²) in [7, 11) is 0. The Balaban J connectivity index is 1.88. The summed E-state index contributed by atoms with van der Waals surface area (Å²) in [5.41, 5.74) is 0.316. The number of hydrogen-bond acceptors (Lipinski definition) is 5. The van der Waals surface area contributed by atoms with E-state index in [1.54, 1.807) is 24.3 Å². The van der Waals surface area contributed by atoms with Gasteiger partial charge in [0.2, 0.25) is 0 Å². The molecular formula is C20H21FN6O. The van der Waals surface area contributed by atoms with Crippen molar-refractivity contribution in [2.75, 3.05) is 5.32 Å². The van der Waals surface area contributed by atoms with Gasteiger partial charge in [-0.3, -0.25) is 9.80 Å². The first-order valence-corrected chi connectivity index (χ1v) is 8.69. The van der Waals surface area contributed by atoms with Gasteiger partial charge < -0.3 is 11.2 Å². The number of pyridine rings is 1. The minimum absolute atomic E-state index is 0.0611. The minimum atomic E-state index is -0.607. The van der Waals surface area contributed by atoms with Crippen LogP contribution in [0.15, 0.2) is 59.7 Å². The zero-order valence-electron chi connectivity index (χ0n) is 15.6. The van der Waals surface area contributed by atoms with Crippen molar-refractivity contribution >= 4 is 28.3 Å². The zero-order chi connectivity index (χ0) is 20.3. The number of carbonyl (C=O) groups is 1. The number of aromatic nitrogens is 1. The maximum Gasteiger partial charge on any atom is 0.259 e. The molecule has 5 N–H and O–H groups in total. The summed E-state index contributed by atoms with van der Waals surface area (Å²) in [6.45, 7) is 3.75. The van der Waals surface area contributed by atoms with Gasteiger partial charge in [-0.2, -0.15) is 5.10 Å². The molecule has 0 spiro atoms. The van der Waals surface area contributed by atoms with Gasteiger partial charge in [0, 0.05) is 6.04 Å². The van der Waals surface area contributed by atoms with Crippen molar-refractivity contribution in [1.29, 1.82) is 0 Å². The lowest BCUT2D eigenvalue weighted by molar-refractivity contribution is 0.102. The van der Waals surface area contributed by atoms with E-state index < -0.39 is 11.7 Å². The van der Waals surface area contributed by atoms with Crippen LogP contribution in [0.1, 0.15) is 29.9 Å². The second-order valence-electron chi connectivity index (χ2n) is 6.50. The summed E-state index contributed by atoms with van der Waals surface area (Å²) >= 11 is 0. The first-order valence-electron chi connectivity index (χ1n) is 8.69. The Bertz CT molecular complexity index is 1050. The van der Waals surface area contributed by atoms with Crippen LogP contribution in [-0.2, 0) is 0 Å². The Hall–Kier alpha value is -3.52. The van der Waals surface area contributed by atoms with Crippen molar-refractivity contribution in [2.45, 2.75) is 19.9 Å². The average molecular weight is 380 g/mol. The van der Waals surface area contributed by atoms with E-state index in [4.69, 9.17) is 11.7 Å². The number of nitrogens with zero attached hydrogens (tertiary/aromatic N) is 3. The monoisotopic (exact) mass is 380 g/mol. The molecule has 28 heavy (non-hydrogen) atoms. The molecule has 3 rings (SSSR count). The Morgan fingerprint density at radius 2 is 1.82 bits per heavy atom. The van der Waals surface area contributed by atoms with Gasteiger partial charge in [-0.1, -0.05) is 30.3 Å². The third-order valence-electron chi connectivity index (χ3n) is 4.22. The van der Waals surface area contributed by atoms with Crippen molar-refractivity contribution < 1.29 is 9.18 Å². The number of rotatable bonds is 4. The number of amides is 1. The van der Waals surface area contributed by atoms with Crippen LogP contribution in [-0.4, -0.2) is 27.8 Å². The smallest absolute Gasteiger partial charge is 0.259 e. The molecule has 0 aliphatic rings. The number of fused-ring (bicyclic) bond motifs is 1. The van der Waals surface area contributed by atoms with Crippen LogP contribution in [0.2, 0.25) is 0 Å². The van der Waals surface area contributed by atoms with Crippen LogP contribution >= 0.6 is 0 Å². The van der Waals surface area contributed by atoms with Gasteiger partial charge in [0.15, 0.2) is 5.84 Å². The first kappa shape index (κ1) is 19.2. The highest BCUT2D eigenvalue weighted by atomic mass is 19.1. The molecule has 0 saturated heterocycles. The first-order chi connectivity index (χ1) is 13.4. The molecule has 1 heterocycles. The second-order valence-corrected chi connectivity index (χ2v) is 6.50. The molecule has 2 aromatic carbocycles. The third-order valence-corrected chi connectivity index (χ3v) is 4.22. The number of benzene rings is 2. The van der Waals surface area contributed by atoms with Crippen LogP contribution in [0.3, 0.4) is 0 Å². The Morgan fingerprint density at radius 1 is 1.14 bits per heavy atom. The summed E-state index contributed by atoms with van der Waals surface area (Å²) in [4.78, 5) is 16.9. The normalized spacial score (nSPS) is 11.7. The minimum Gasteiger partial charge on any atom is -0.321 e. The maximum atomic E-state index is 14.4. The lowest BCUT2D eigenvalue weighted by Crippen LogP contribution is -2.44. The van der Waals surface area contributed by atoms with Gasteiger partial charge in [0.1, 0.15) is 17.3 Å². The van der Waals surface area contributed by atoms with Crippen LogP contribution in [0.5, 0.6) is 0 Å². The number of amidine groups is 1. The van der Waals surface area contributed by atoms with Gasteiger partial charge in [0.25, 0.3) is 5.91 Å². The van der Waals surface area contributed by atoms with E-state index >= 15 is 0 Å². The standard InChI is InChI=1S/C20H21FN6O/c1-12(2)27(23)19(26-22)17-8-5-9-18(24-17)25-20(28)15-10-13-6-3-4-7-14(13)11-16(15)21/h3-12H,22-23H2,1-2H3,(H,24,25,28)/b26-19-. The molecule has 0 fully saturated rings. The number of nitrogens with one attached hydrogen (secondary N) is 1. The highest BCUT2D eigenvalue weighted by Crippen LogP contribution is 2.20. The molecule has 144 valence electrons. The Labute approximate surface area is 161 Å². The number of nitrogens with two attached hydrogens (primary N) is 2. The summed E-state index contributed by atoms with van der Waals surface area (Å²) in [6.07, 6.45) is 0. The van der Waals surface area contributed by atoms with Crippen molar-refractivity contribution in [3.63, 3.8) is 0 Å². The predicted molar refractivity (Wildman–Crippen MR) is 108 cm³/mol. The molecule has 0 aliphatic heterocycles. The zero-order valence-corrected chi connectivity index (χ0v) is 15.6. The topological polar surface area (TPSA) is 110 Å². The molecule has 0 aliphatic carbocycles. The molecule has 0 unspecified atom stereocenters. The Kier molecular flexibility index (Phi) is 5.51. The summed E-state index contributed by atoms with van der Waals surface area (Å²) in [5.74, 6) is 10.7. The van der Waals surface area contributed by atoms with Crippen LogP contribution < -0.4 is 17.0 Å². The number of carbonyl (C=O) groups excluding carboxylic acids is 1. The number of halogens is 1. The van der Waals surface area contributed by atoms with Crippen LogP contribution in [0.4, 0.5) is 10.2 Å². The predicted octanol–water partition coefficient (Wildman–Crippen LogP) is 2.83. The molecule has 1 aromatic heterocycles. The Morgan fingerprint density at radius 3 is 2.46 bits per heavy atom. The molecule has 0 atom stereocenters. The van der Waals surface area contributed by atoms with E-state index in [9.17, 15) is 9.18 Å². The molecule has 7 nitrogen and oxygen atoms in total. The fourth-order valence-electron chi connectivity index (χ4n) is 2.71. The van der Waals surface area contributed by atoms with Gasteiger partial charge in [-0.25, -0.2) is 15.2 Å². The van der Waals surface area contributed by atoms with E-state index in [2.05, 4.69) is 15.4 Å². The molecular weight excluding hydrogens is 359 g/mol. The quantitative estimate of drug-likeness (QED) is 0.279. The van der Waals surface area contributed by atoms with E-state index in [0.717, 1.165) is 10.8 Å². The molecule has 1 amide bonds. The summed E-state index contributed by atoms with van der Waals surface area (Å²) in [5, 5.41) is 9.15. The molecule has 3 aromatic rings. The van der Waals surface area contributed by atoms with Crippen LogP contribution in [0.25, 0.3) is 10.8 Å². The van der Waals surface area contributed by atoms with Gasteiger partial charge in [-0.05, 0) is 48.9 Å². The van der Waals surface area contributed by atoms with Crippen molar-refractivity contribution in [1.82, 2.24) is 9.99 Å². The lowest BCUT2D eigenvalue weighted by atomic mass is 10.1. The summed E-state index contributed by atoms with van der Waals surface area (Å²) < 4.78 is 14.4. The van der Waals surface area contributed by atoms with Gasteiger partial charge in [0.05, 0.1) is 5.56 Å². The molecule has 0 bridgehead atoms. The van der Waals surface area contributed by atoms with Crippen molar-refractivity contribution in [2.24, 2.45) is 16.8 Å². The third kappa shape index (κ3) is 3.91. The molecule has 0 saturated carbocycles.